The van der Waals surface area contributed by atoms with Crippen LogP contribution in [0.1, 0.15) is 23.8 Å². The lowest BCUT2D eigenvalue weighted by molar-refractivity contribution is 0.0519. The topological polar surface area (TPSA) is 55.6 Å². The fraction of sp³-hybridized carbons (Fsp3) is 0.455. The van der Waals surface area contributed by atoms with Gasteiger partial charge in [-0.2, -0.15) is 4.98 Å². The van der Waals surface area contributed by atoms with Gasteiger partial charge in [0.1, 0.15) is 6.26 Å². The zero-order valence-electron chi connectivity index (χ0n) is 9.40. The van der Waals surface area contributed by atoms with Crippen molar-refractivity contribution in [3.05, 3.63) is 12.0 Å². The van der Waals surface area contributed by atoms with Crippen molar-refractivity contribution in [1.29, 1.82) is 0 Å². The summed E-state index contributed by atoms with van der Waals surface area (Å²) in [7, 11) is 1.79. The van der Waals surface area contributed by atoms with E-state index < -0.39 is 5.97 Å². The number of esters is 1. The van der Waals surface area contributed by atoms with Crippen molar-refractivity contribution in [2.75, 3.05) is 25.1 Å². The smallest absolute Gasteiger partial charge is 0.360 e. The van der Waals surface area contributed by atoms with Crippen molar-refractivity contribution in [3.8, 4) is 12.3 Å². The number of carbonyl (C=O) groups excluding carboxylic acids is 1. The predicted octanol–water partition coefficient (Wildman–Crippen LogP) is 1.31. The van der Waals surface area contributed by atoms with Crippen molar-refractivity contribution in [1.82, 2.24) is 4.98 Å². The first-order valence-corrected chi connectivity index (χ1v) is 4.96. The van der Waals surface area contributed by atoms with Gasteiger partial charge in [0.15, 0.2) is 5.69 Å². The first kappa shape index (κ1) is 12.1. The Hall–Kier alpha value is -1.96. The molecule has 0 radical (unpaired) electrons. The minimum Gasteiger partial charge on any atom is -0.461 e. The van der Waals surface area contributed by atoms with Crippen LogP contribution in [0.3, 0.4) is 0 Å². The van der Waals surface area contributed by atoms with Crippen LogP contribution in [0, 0.1) is 12.3 Å². The van der Waals surface area contributed by atoms with Crippen LogP contribution in [-0.2, 0) is 4.74 Å². The SMILES string of the molecule is C#CCCN(C)c1nc(C(=O)OCC)co1. The van der Waals surface area contributed by atoms with E-state index in [1.54, 1.807) is 18.9 Å². The Morgan fingerprint density at radius 3 is 3.12 bits per heavy atom. The molecule has 1 heterocycles. The summed E-state index contributed by atoms with van der Waals surface area (Å²) in [5, 5.41) is 0. The number of terminal acetylenes is 1. The van der Waals surface area contributed by atoms with Gasteiger partial charge in [-0.15, -0.1) is 12.3 Å². The third kappa shape index (κ3) is 3.02. The van der Waals surface area contributed by atoms with E-state index in [2.05, 4.69) is 10.9 Å². The summed E-state index contributed by atoms with van der Waals surface area (Å²) in [5.41, 5.74) is 0.171. The molecule has 0 saturated heterocycles. The number of rotatable bonds is 5. The molecule has 5 nitrogen and oxygen atoms in total. The lowest BCUT2D eigenvalue weighted by atomic mass is 10.4. The summed E-state index contributed by atoms with van der Waals surface area (Å²) in [6.45, 7) is 2.67. The van der Waals surface area contributed by atoms with Crippen molar-refractivity contribution < 1.29 is 13.9 Å². The molecule has 0 aliphatic rings. The first-order valence-electron chi connectivity index (χ1n) is 4.96. The van der Waals surface area contributed by atoms with Gasteiger partial charge >= 0.3 is 5.97 Å². The number of aromatic nitrogens is 1. The fourth-order valence-electron chi connectivity index (χ4n) is 1.07. The molecule has 0 aromatic carbocycles. The van der Waals surface area contributed by atoms with E-state index in [9.17, 15) is 4.79 Å². The first-order chi connectivity index (χ1) is 7.69. The van der Waals surface area contributed by atoms with Crippen LogP contribution in [0.15, 0.2) is 10.7 Å². The average molecular weight is 222 g/mol. The van der Waals surface area contributed by atoms with Crippen molar-refractivity contribution in [2.24, 2.45) is 0 Å². The summed E-state index contributed by atoms with van der Waals surface area (Å²) in [5.74, 6) is 2.03. The molecule has 0 atom stereocenters. The molecule has 0 aliphatic carbocycles. The molecule has 1 rings (SSSR count). The number of hydrogen-bond acceptors (Lipinski definition) is 5. The molecule has 16 heavy (non-hydrogen) atoms. The molecule has 5 heteroatoms. The third-order valence-corrected chi connectivity index (χ3v) is 1.89. The Kier molecular flexibility index (Phi) is 4.40. The number of ether oxygens (including phenoxy) is 1. The molecule has 1 aromatic heterocycles. The van der Waals surface area contributed by atoms with Crippen LogP contribution in [0.4, 0.5) is 6.01 Å². The predicted molar refractivity (Wildman–Crippen MR) is 59.2 cm³/mol. The Bertz CT molecular complexity index is 392. The van der Waals surface area contributed by atoms with Gasteiger partial charge in [0.2, 0.25) is 0 Å². The van der Waals surface area contributed by atoms with E-state index in [0.717, 1.165) is 0 Å². The molecular weight excluding hydrogens is 208 g/mol. The van der Waals surface area contributed by atoms with E-state index in [4.69, 9.17) is 15.6 Å². The number of hydrogen-bond donors (Lipinski definition) is 0. The van der Waals surface area contributed by atoms with Crippen LogP contribution in [-0.4, -0.2) is 31.2 Å². The highest BCUT2D eigenvalue weighted by Crippen LogP contribution is 2.12. The molecule has 1 aromatic rings. The number of carbonyl (C=O) groups is 1. The van der Waals surface area contributed by atoms with E-state index in [1.807, 2.05) is 0 Å². The lowest BCUT2D eigenvalue weighted by Crippen LogP contribution is -2.18. The maximum Gasteiger partial charge on any atom is 0.360 e. The highest BCUT2D eigenvalue weighted by Gasteiger charge is 2.14. The summed E-state index contributed by atoms with van der Waals surface area (Å²) in [6, 6.07) is 0.360. The highest BCUT2D eigenvalue weighted by atomic mass is 16.5. The maximum absolute atomic E-state index is 11.3. The molecule has 0 aliphatic heterocycles. The van der Waals surface area contributed by atoms with Gasteiger partial charge in [-0.05, 0) is 6.92 Å². The number of anilines is 1. The molecule has 0 bridgehead atoms. The second kappa shape index (κ2) is 5.81. The maximum atomic E-state index is 11.3. The minimum absolute atomic E-state index is 0.171. The Labute approximate surface area is 94.4 Å². The molecule has 0 saturated carbocycles. The Morgan fingerprint density at radius 1 is 1.75 bits per heavy atom. The fourth-order valence-corrected chi connectivity index (χ4v) is 1.07. The molecule has 0 unspecified atom stereocenters. The van der Waals surface area contributed by atoms with Crippen LogP contribution >= 0.6 is 0 Å². The molecule has 86 valence electrons. The van der Waals surface area contributed by atoms with Crippen molar-refractivity contribution in [2.45, 2.75) is 13.3 Å². The average Bonchev–Trinajstić information content (AvgIpc) is 2.75. The van der Waals surface area contributed by atoms with Crippen LogP contribution < -0.4 is 4.90 Å². The molecule has 0 N–H and O–H groups in total. The minimum atomic E-state index is -0.483. The number of nitrogens with zero attached hydrogens (tertiary/aromatic N) is 2. The van der Waals surface area contributed by atoms with E-state index in [1.165, 1.54) is 6.26 Å². The molecular formula is C11H14N2O3. The third-order valence-electron chi connectivity index (χ3n) is 1.89. The zero-order valence-corrected chi connectivity index (χ0v) is 9.40. The van der Waals surface area contributed by atoms with E-state index in [-0.39, 0.29) is 5.69 Å². The summed E-state index contributed by atoms with van der Waals surface area (Å²) >= 11 is 0. The zero-order chi connectivity index (χ0) is 12.0. The summed E-state index contributed by atoms with van der Waals surface area (Å²) < 4.78 is 9.93. The van der Waals surface area contributed by atoms with Gasteiger partial charge in [0.05, 0.1) is 6.61 Å². The summed E-state index contributed by atoms with van der Waals surface area (Å²) in [4.78, 5) is 17.0. The standard InChI is InChI=1S/C11H14N2O3/c1-4-6-7-13(3)11-12-9(8-16-11)10(14)15-5-2/h1,8H,5-7H2,2-3H3. The van der Waals surface area contributed by atoms with Crippen molar-refractivity contribution in [3.63, 3.8) is 0 Å². The van der Waals surface area contributed by atoms with E-state index in [0.29, 0.717) is 25.6 Å². The largest absolute Gasteiger partial charge is 0.461 e. The molecule has 0 amide bonds. The quantitative estimate of drug-likeness (QED) is 0.555. The monoisotopic (exact) mass is 222 g/mol. The summed E-state index contributed by atoms with van der Waals surface area (Å²) in [6.07, 6.45) is 7.01. The normalized spacial score (nSPS) is 9.56. The lowest BCUT2D eigenvalue weighted by Gasteiger charge is -2.11. The van der Waals surface area contributed by atoms with Crippen molar-refractivity contribution >= 4 is 12.0 Å². The second-order valence-corrected chi connectivity index (χ2v) is 3.11. The van der Waals surface area contributed by atoms with Gasteiger partial charge in [-0.1, -0.05) is 0 Å². The van der Waals surface area contributed by atoms with Gasteiger partial charge in [-0.25, -0.2) is 4.79 Å². The van der Waals surface area contributed by atoms with E-state index >= 15 is 0 Å². The van der Waals surface area contributed by atoms with Gasteiger partial charge < -0.3 is 14.1 Å². The second-order valence-electron chi connectivity index (χ2n) is 3.11. The molecule has 0 fully saturated rings. The molecule has 0 spiro atoms. The Morgan fingerprint density at radius 2 is 2.50 bits per heavy atom. The van der Waals surface area contributed by atoms with Crippen LogP contribution in [0.5, 0.6) is 0 Å². The van der Waals surface area contributed by atoms with Crippen LogP contribution in [0.2, 0.25) is 0 Å². The van der Waals surface area contributed by atoms with Gasteiger partial charge in [0, 0.05) is 20.0 Å². The van der Waals surface area contributed by atoms with Crippen LogP contribution in [0.25, 0.3) is 0 Å². The van der Waals surface area contributed by atoms with Gasteiger partial charge in [0.25, 0.3) is 6.01 Å². The van der Waals surface area contributed by atoms with Gasteiger partial charge in [-0.3, -0.25) is 0 Å². The Balaban J connectivity index is 2.64. The highest BCUT2D eigenvalue weighted by molar-refractivity contribution is 5.87. The number of oxazole rings is 1.